The van der Waals surface area contributed by atoms with Crippen LogP contribution < -0.4 is 11.1 Å². The van der Waals surface area contributed by atoms with Crippen LogP contribution in [0.4, 0.5) is 29.1 Å². The highest BCUT2D eigenvalue weighted by molar-refractivity contribution is 6.39. The minimum absolute atomic E-state index is 0.0794. The summed E-state index contributed by atoms with van der Waals surface area (Å²) in [6, 6.07) is 6.66. The lowest BCUT2D eigenvalue weighted by Crippen LogP contribution is -2.41. The van der Waals surface area contributed by atoms with Crippen LogP contribution in [-0.2, 0) is 40.3 Å². The highest BCUT2D eigenvalue weighted by Gasteiger charge is 2.32. The first-order valence-corrected chi connectivity index (χ1v) is 10.8. The number of rotatable bonds is 5. The summed E-state index contributed by atoms with van der Waals surface area (Å²) in [4.78, 5) is 35.1. The molecular weight excluding hydrogens is 482 g/mol. The van der Waals surface area contributed by atoms with E-state index in [4.69, 9.17) is 10.5 Å². The highest BCUT2D eigenvalue weighted by Crippen LogP contribution is 2.31. The number of carbonyl (C=O) groups is 2. The summed E-state index contributed by atoms with van der Waals surface area (Å²) in [7, 11) is 0. The number of hydrogen-bond acceptors (Lipinski definition) is 6. The molecule has 0 bridgehead atoms. The number of halogens is 4. The molecule has 1 aliphatic rings. The molecule has 12 heteroatoms. The Kier molecular flexibility index (Phi) is 6.88. The molecule has 3 heterocycles. The minimum atomic E-state index is -4.58. The summed E-state index contributed by atoms with van der Waals surface area (Å²) in [5.74, 6) is -2.46. The number of fused-ring (bicyclic) bond motifs is 1. The minimum Gasteiger partial charge on any atom is -0.383 e. The molecule has 8 nitrogen and oxygen atoms in total. The molecule has 0 radical (unpaired) electrons. The lowest BCUT2D eigenvalue weighted by atomic mass is 10.1. The second-order valence-corrected chi connectivity index (χ2v) is 8.13. The molecule has 0 fully saturated rings. The fourth-order valence-corrected chi connectivity index (χ4v) is 3.83. The maximum absolute atomic E-state index is 14.5. The number of amides is 2. The number of anilines is 2. The van der Waals surface area contributed by atoms with E-state index in [0.29, 0.717) is 17.3 Å². The van der Waals surface area contributed by atoms with Gasteiger partial charge in [-0.05, 0) is 25.1 Å². The maximum Gasteiger partial charge on any atom is 0.417 e. The van der Waals surface area contributed by atoms with Crippen LogP contribution in [0.1, 0.15) is 40.9 Å². The first-order valence-electron chi connectivity index (χ1n) is 10.8. The van der Waals surface area contributed by atoms with Gasteiger partial charge in [-0.1, -0.05) is 18.2 Å². The number of nitrogens with one attached hydrogen (secondary N) is 1. The fraction of sp³-hybridized carbons (Fsp3) is 0.250. The van der Waals surface area contributed by atoms with Gasteiger partial charge in [0.2, 0.25) is 0 Å². The Morgan fingerprint density at radius 2 is 1.83 bits per heavy atom. The van der Waals surface area contributed by atoms with Crippen molar-refractivity contribution < 1.29 is 31.9 Å². The van der Waals surface area contributed by atoms with Gasteiger partial charge in [-0.2, -0.15) is 13.2 Å². The first-order chi connectivity index (χ1) is 17.1. The second-order valence-electron chi connectivity index (χ2n) is 8.13. The average Bonchev–Trinajstić information content (AvgIpc) is 3.35. The summed E-state index contributed by atoms with van der Waals surface area (Å²) in [5, 5.41) is 2.49. The fourth-order valence-electron chi connectivity index (χ4n) is 3.83. The molecule has 1 unspecified atom stereocenters. The standard InChI is InChI=1S/C24H21F4N5O3/c1-13(16-4-2-3-5-19(16)25)33(10-15-7-6-14(8-30-15)24(26,27)28)23(35)22(34)32-20-9-31-21(29)18-12-36-11-17(18)20/h2-9,13H,10-12H2,1H3,(H2,29,31)(H,32,34). The van der Waals surface area contributed by atoms with E-state index in [1.807, 2.05) is 0 Å². The Labute approximate surface area is 203 Å². The zero-order valence-electron chi connectivity index (χ0n) is 19.0. The van der Waals surface area contributed by atoms with Crippen molar-refractivity contribution in [2.45, 2.75) is 38.9 Å². The molecule has 0 aliphatic carbocycles. The van der Waals surface area contributed by atoms with E-state index < -0.39 is 35.4 Å². The van der Waals surface area contributed by atoms with Crippen molar-refractivity contribution in [3.63, 3.8) is 0 Å². The van der Waals surface area contributed by atoms with E-state index in [1.54, 1.807) is 6.07 Å². The molecule has 0 spiro atoms. The van der Waals surface area contributed by atoms with Crippen LogP contribution in [0.25, 0.3) is 0 Å². The van der Waals surface area contributed by atoms with Crippen molar-refractivity contribution in [3.05, 3.63) is 82.6 Å². The van der Waals surface area contributed by atoms with Gasteiger partial charge < -0.3 is 20.7 Å². The van der Waals surface area contributed by atoms with Crippen molar-refractivity contribution >= 4 is 23.3 Å². The van der Waals surface area contributed by atoms with Crippen LogP contribution in [0.15, 0.2) is 48.8 Å². The first kappa shape index (κ1) is 25.0. The quantitative estimate of drug-likeness (QED) is 0.403. The van der Waals surface area contributed by atoms with Crippen molar-refractivity contribution in [1.82, 2.24) is 14.9 Å². The second kappa shape index (κ2) is 9.90. The zero-order chi connectivity index (χ0) is 26.0. The number of aromatic nitrogens is 2. The summed E-state index contributed by atoms with van der Waals surface area (Å²) in [5.41, 5.74) is 6.49. The number of alkyl halides is 3. The van der Waals surface area contributed by atoms with E-state index in [0.717, 1.165) is 17.0 Å². The topological polar surface area (TPSA) is 110 Å². The maximum atomic E-state index is 14.5. The van der Waals surface area contributed by atoms with E-state index in [1.165, 1.54) is 31.3 Å². The molecule has 1 aromatic carbocycles. The van der Waals surface area contributed by atoms with Gasteiger partial charge in [0.1, 0.15) is 11.6 Å². The zero-order valence-corrected chi connectivity index (χ0v) is 19.0. The van der Waals surface area contributed by atoms with Crippen LogP contribution in [0.5, 0.6) is 0 Å². The molecule has 4 rings (SSSR count). The van der Waals surface area contributed by atoms with Gasteiger partial charge in [-0.25, -0.2) is 9.37 Å². The van der Waals surface area contributed by atoms with E-state index in [9.17, 15) is 27.2 Å². The predicted octanol–water partition coefficient (Wildman–Crippen LogP) is 3.98. The van der Waals surface area contributed by atoms with Crippen LogP contribution >= 0.6 is 0 Å². The number of benzene rings is 1. The van der Waals surface area contributed by atoms with Crippen LogP contribution in [-0.4, -0.2) is 26.7 Å². The molecule has 36 heavy (non-hydrogen) atoms. The molecule has 3 N–H and O–H groups in total. The Bertz CT molecular complexity index is 1300. The number of nitrogens with two attached hydrogens (primary N) is 1. The molecule has 1 aliphatic heterocycles. The van der Waals surface area contributed by atoms with Crippen LogP contribution in [0.3, 0.4) is 0 Å². The molecule has 0 saturated carbocycles. The number of hydrogen-bond donors (Lipinski definition) is 2. The normalized spacial score (nSPS) is 13.7. The number of carbonyl (C=O) groups excluding carboxylic acids is 2. The van der Waals surface area contributed by atoms with Gasteiger partial charge >= 0.3 is 18.0 Å². The lowest BCUT2D eigenvalue weighted by Gasteiger charge is -2.29. The van der Waals surface area contributed by atoms with Crippen LogP contribution in [0.2, 0.25) is 0 Å². The monoisotopic (exact) mass is 503 g/mol. The molecule has 0 saturated heterocycles. The lowest BCUT2D eigenvalue weighted by molar-refractivity contribution is -0.145. The predicted molar refractivity (Wildman–Crippen MR) is 120 cm³/mol. The van der Waals surface area contributed by atoms with E-state index >= 15 is 0 Å². The van der Waals surface area contributed by atoms with Gasteiger partial charge in [0.15, 0.2) is 0 Å². The van der Waals surface area contributed by atoms with Gasteiger partial charge in [0, 0.05) is 22.9 Å². The van der Waals surface area contributed by atoms with Gasteiger partial charge in [0.05, 0.1) is 48.9 Å². The number of nitrogens with zero attached hydrogens (tertiary/aromatic N) is 3. The van der Waals surface area contributed by atoms with Crippen molar-refractivity contribution in [3.8, 4) is 0 Å². The molecule has 2 aromatic heterocycles. The van der Waals surface area contributed by atoms with E-state index in [-0.39, 0.29) is 42.5 Å². The summed E-state index contributed by atoms with van der Waals surface area (Å²) < 4.78 is 58.6. The van der Waals surface area contributed by atoms with Crippen molar-refractivity contribution in [2.24, 2.45) is 0 Å². The SMILES string of the molecule is CC(c1ccccc1F)N(Cc1ccc(C(F)(F)F)cn1)C(=O)C(=O)Nc1cnc(N)c2c1COC2. The van der Waals surface area contributed by atoms with Crippen molar-refractivity contribution in [2.75, 3.05) is 11.1 Å². The Morgan fingerprint density at radius 1 is 1.11 bits per heavy atom. The van der Waals surface area contributed by atoms with Gasteiger partial charge in [0.25, 0.3) is 0 Å². The van der Waals surface area contributed by atoms with Gasteiger partial charge in [-0.3, -0.25) is 14.6 Å². The smallest absolute Gasteiger partial charge is 0.383 e. The number of nitrogen functional groups attached to an aromatic ring is 1. The Balaban J connectivity index is 1.62. The molecule has 3 aromatic rings. The largest absolute Gasteiger partial charge is 0.417 e. The van der Waals surface area contributed by atoms with Crippen LogP contribution in [0, 0.1) is 5.82 Å². The Hall–Kier alpha value is -4.06. The highest BCUT2D eigenvalue weighted by atomic mass is 19.4. The van der Waals surface area contributed by atoms with Crippen molar-refractivity contribution in [1.29, 1.82) is 0 Å². The third-order valence-corrected chi connectivity index (χ3v) is 5.83. The average molecular weight is 503 g/mol. The third kappa shape index (κ3) is 5.13. The van der Waals surface area contributed by atoms with E-state index in [2.05, 4.69) is 15.3 Å². The molecule has 2 amide bonds. The summed E-state index contributed by atoms with van der Waals surface area (Å²) in [6.07, 6.45) is -2.65. The number of pyridine rings is 2. The molecular formula is C24H21F4N5O3. The molecule has 188 valence electrons. The number of ether oxygens (including phenoxy) is 1. The summed E-state index contributed by atoms with van der Waals surface area (Å²) >= 11 is 0. The third-order valence-electron chi connectivity index (χ3n) is 5.83. The molecule has 1 atom stereocenters. The Morgan fingerprint density at radius 3 is 2.50 bits per heavy atom. The van der Waals surface area contributed by atoms with Gasteiger partial charge in [-0.15, -0.1) is 0 Å². The summed E-state index contributed by atoms with van der Waals surface area (Å²) in [6.45, 7) is 1.53.